The number of hydrogen-bond acceptors (Lipinski definition) is 6. The van der Waals surface area contributed by atoms with Crippen molar-refractivity contribution in [1.82, 2.24) is 9.97 Å². The zero-order chi connectivity index (χ0) is 22.0. The number of anilines is 2. The third-order valence-electron chi connectivity index (χ3n) is 5.81. The third kappa shape index (κ3) is 4.24. The van der Waals surface area contributed by atoms with Crippen molar-refractivity contribution < 1.29 is 14.3 Å². The summed E-state index contributed by atoms with van der Waals surface area (Å²) in [7, 11) is 3.26. The van der Waals surface area contributed by atoms with Gasteiger partial charge < -0.3 is 14.8 Å². The maximum absolute atomic E-state index is 13.0. The van der Waals surface area contributed by atoms with E-state index in [4.69, 9.17) is 14.5 Å². The lowest BCUT2D eigenvalue weighted by molar-refractivity contribution is 0.0961. The molecule has 0 saturated heterocycles. The van der Waals surface area contributed by atoms with Crippen molar-refractivity contribution in [1.29, 1.82) is 0 Å². The van der Waals surface area contributed by atoms with Crippen LogP contribution in [0.5, 0.6) is 11.5 Å². The van der Waals surface area contributed by atoms with E-state index in [1.807, 2.05) is 37.3 Å². The standard InChI is InChI=1S/C25H27N3O3/c1-5-16-6-8-18(9-7-16)27-25-26-15(2)24-21(28-25)12-17(13-22(24)29)20-11-10-19(30-3)14-23(20)31-4/h6-11,14,17H,5,12-13H2,1-4H3,(H,26,27,28)/t17-/m1/s1. The summed E-state index contributed by atoms with van der Waals surface area (Å²) >= 11 is 0. The van der Waals surface area contributed by atoms with Gasteiger partial charge in [-0.3, -0.25) is 4.79 Å². The number of benzene rings is 2. The van der Waals surface area contributed by atoms with Gasteiger partial charge in [0.25, 0.3) is 0 Å². The fourth-order valence-electron chi connectivity index (χ4n) is 4.16. The minimum atomic E-state index is -0.00755. The first-order chi connectivity index (χ1) is 15.0. The Bertz CT molecular complexity index is 1110. The number of Topliss-reactive ketones (excluding diaryl/α,β-unsaturated/α-hetero) is 1. The van der Waals surface area contributed by atoms with Gasteiger partial charge in [-0.25, -0.2) is 9.97 Å². The van der Waals surface area contributed by atoms with E-state index in [1.54, 1.807) is 14.2 Å². The average Bonchev–Trinajstić information content (AvgIpc) is 2.78. The second kappa shape index (κ2) is 8.76. The monoisotopic (exact) mass is 417 g/mol. The molecule has 0 saturated carbocycles. The molecule has 1 aliphatic carbocycles. The smallest absolute Gasteiger partial charge is 0.227 e. The maximum atomic E-state index is 13.0. The van der Waals surface area contributed by atoms with Gasteiger partial charge in [0.1, 0.15) is 11.5 Å². The molecule has 3 aromatic rings. The number of rotatable bonds is 6. The van der Waals surface area contributed by atoms with Crippen LogP contribution in [-0.4, -0.2) is 30.0 Å². The Balaban J connectivity index is 1.65. The van der Waals surface area contributed by atoms with E-state index >= 15 is 0 Å². The SMILES string of the molecule is CCc1ccc(Nc2nc(C)c3c(n2)C[C@@H](c2ccc(OC)cc2OC)CC3=O)cc1. The van der Waals surface area contributed by atoms with Crippen molar-refractivity contribution in [3.63, 3.8) is 0 Å². The van der Waals surface area contributed by atoms with E-state index in [-0.39, 0.29) is 11.7 Å². The number of aryl methyl sites for hydroxylation is 2. The van der Waals surface area contributed by atoms with E-state index in [2.05, 4.69) is 29.4 Å². The molecule has 0 unspecified atom stereocenters. The summed E-state index contributed by atoms with van der Waals surface area (Å²) in [5, 5.41) is 3.28. The topological polar surface area (TPSA) is 73.3 Å². The average molecular weight is 418 g/mol. The highest BCUT2D eigenvalue weighted by molar-refractivity contribution is 6.00. The molecule has 0 bridgehead atoms. The fraction of sp³-hybridized carbons (Fsp3) is 0.320. The number of hydrogen-bond donors (Lipinski definition) is 1. The Kier molecular flexibility index (Phi) is 5.89. The van der Waals surface area contributed by atoms with Crippen LogP contribution < -0.4 is 14.8 Å². The van der Waals surface area contributed by atoms with Gasteiger partial charge in [0.2, 0.25) is 5.95 Å². The van der Waals surface area contributed by atoms with E-state index in [1.165, 1.54) is 5.56 Å². The molecular formula is C25H27N3O3. The first-order valence-electron chi connectivity index (χ1n) is 10.5. The highest BCUT2D eigenvalue weighted by Gasteiger charge is 2.31. The lowest BCUT2D eigenvalue weighted by Crippen LogP contribution is -2.23. The first kappa shape index (κ1) is 20.8. The van der Waals surface area contributed by atoms with Gasteiger partial charge in [-0.1, -0.05) is 25.1 Å². The number of aromatic nitrogens is 2. The zero-order valence-corrected chi connectivity index (χ0v) is 18.4. The summed E-state index contributed by atoms with van der Waals surface area (Å²) in [6.07, 6.45) is 2.05. The molecule has 31 heavy (non-hydrogen) atoms. The van der Waals surface area contributed by atoms with Gasteiger partial charge >= 0.3 is 0 Å². The summed E-state index contributed by atoms with van der Waals surface area (Å²) in [6, 6.07) is 13.9. The van der Waals surface area contributed by atoms with Crippen molar-refractivity contribution in [2.75, 3.05) is 19.5 Å². The van der Waals surface area contributed by atoms with Crippen molar-refractivity contribution in [3.8, 4) is 11.5 Å². The number of nitrogens with one attached hydrogen (secondary N) is 1. The van der Waals surface area contributed by atoms with Crippen molar-refractivity contribution in [2.45, 2.75) is 39.0 Å². The summed E-state index contributed by atoms with van der Waals surface area (Å²) in [5.74, 6) is 2.02. The Labute approximate surface area is 182 Å². The van der Waals surface area contributed by atoms with Crippen LogP contribution in [0.15, 0.2) is 42.5 Å². The van der Waals surface area contributed by atoms with Gasteiger partial charge in [-0.2, -0.15) is 0 Å². The number of ether oxygens (including phenoxy) is 2. The largest absolute Gasteiger partial charge is 0.497 e. The predicted molar refractivity (Wildman–Crippen MR) is 121 cm³/mol. The van der Waals surface area contributed by atoms with Crippen LogP contribution in [0.2, 0.25) is 0 Å². The van der Waals surface area contributed by atoms with Gasteiger partial charge in [0.05, 0.1) is 31.2 Å². The molecule has 0 spiro atoms. The normalized spacial score (nSPS) is 15.4. The van der Waals surface area contributed by atoms with Crippen LogP contribution >= 0.6 is 0 Å². The predicted octanol–water partition coefficient (Wildman–Crippen LogP) is 5.02. The van der Waals surface area contributed by atoms with Crippen molar-refractivity contribution >= 4 is 17.4 Å². The van der Waals surface area contributed by atoms with Gasteiger partial charge in [0, 0.05) is 24.1 Å². The lowest BCUT2D eigenvalue weighted by atomic mass is 9.81. The minimum absolute atomic E-state index is 0.00755. The molecule has 6 heteroatoms. The van der Waals surface area contributed by atoms with E-state index in [9.17, 15) is 4.79 Å². The summed E-state index contributed by atoms with van der Waals surface area (Å²) < 4.78 is 10.9. The van der Waals surface area contributed by atoms with Crippen molar-refractivity contribution in [2.24, 2.45) is 0 Å². The number of nitrogens with zero attached hydrogens (tertiary/aromatic N) is 2. The molecule has 0 radical (unpaired) electrons. The zero-order valence-electron chi connectivity index (χ0n) is 18.4. The highest BCUT2D eigenvalue weighted by Crippen LogP contribution is 2.39. The van der Waals surface area contributed by atoms with Crippen molar-refractivity contribution in [3.05, 3.63) is 70.5 Å². The van der Waals surface area contributed by atoms with E-state index in [0.717, 1.165) is 34.9 Å². The van der Waals surface area contributed by atoms with Crippen LogP contribution in [0.4, 0.5) is 11.6 Å². The molecule has 1 aromatic heterocycles. The van der Waals surface area contributed by atoms with E-state index < -0.39 is 0 Å². The third-order valence-corrected chi connectivity index (χ3v) is 5.81. The Hall–Kier alpha value is -3.41. The number of ketones is 1. The van der Waals surface area contributed by atoms with Crippen LogP contribution in [0.3, 0.4) is 0 Å². The summed E-state index contributed by atoms with van der Waals surface area (Å²) in [4.78, 5) is 22.3. The molecule has 1 aliphatic rings. The molecule has 4 rings (SSSR count). The van der Waals surface area contributed by atoms with E-state index in [0.29, 0.717) is 30.0 Å². The molecule has 6 nitrogen and oxygen atoms in total. The molecule has 160 valence electrons. The number of fused-ring (bicyclic) bond motifs is 1. The Morgan fingerprint density at radius 3 is 2.48 bits per heavy atom. The van der Waals surface area contributed by atoms with Crippen LogP contribution in [0, 0.1) is 6.92 Å². The Morgan fingerprint density at radius 1 is 1.03 bits per heavy atom. The number of carbonyl (C=O) groups is 1. The lowest BCUT2D eigenvalue weighted by Gasteiger charge is -2.26. The van der Waals surface area contributed by atoms with Crippen LogP contribution in [0.25, 0.3) is 0 Å². The molecule has 1 N–H and O–H groups in total. The van der Waals surface area contributed by atoms with Crippen LogP contribution in [0.1, 0.15) is 52.1 Å². The minimum Gasteiger partial charge on any atom is -0.497 e. The maximum Gasteiger partial charge on any atom is 0.227 e. The Morgan fingerprint density at radius 2 is 1.81 bits per heavy atom. The fourth-order valence-corrected chi connectivity index (χ4v) is 4.16. The number of carbonyl (C=O) groups excluding carboxylic acids is 1. The van der Waals surface area contributed by atoms with Gasteiger partial charge in [-0.15, -0.1) is 0 Å². The molecule has 0 aliphatic heterocycles. The van der Waals surface area contributed by atoms with Crippen LogP contribution in [-0.2, 0) is 12.8 Å². The summed E-state index contributed by atoms with van der Waals surface area (Å²) in [5.41, 5.74) is 5.32. The van der Waals surface area contributed by atoms with Gasteiger partial charge in [-0.05, 0) is 49.1 Å². The second-order valence-corrected chi connectivity index (χ2v) is 7.77. The first-order valence-corrected chi connectivity index (χ1v) is 10.5. The number of methoxy groups -OCH3 is 2. The molecule has 1 heterocycles. The highest BCUT2D eigenvalue weighted by atomic mass is 16.5. The van der Waals surface area contributed by atoms with Gasteiger partial charge in [0.15, 0.2) is 5.78 Å². The molecular weight excluding hydrogens is 390 g/mol. The molecule has 2 aromatic carbocycles. The molecule has 1 atom stereocenters. The quantitative estimate of drug-likeness (QED) is 0.607. The summed E-state index contributed by atoms with van der Waals surface area (Å²) in [6.45, 7) is 4.00. The second-order valence-electron chi connectivity index (χ2n) is 7.77. The molecule has 0 fully saturated rings. The molecule has 0 amide bonds.